The molecule has 0 saturated carbocycles. The van der Waals surface area contributed by atoms with Crippen molar-refractivity contribution >= 4 is 5.97 Å². The van der Waals surface area contributed by atoms with E-state index in [4.69, 9.17) is 19.3 Å². The number of nitriles is 1. The van der Waals surface area contributed by atoms with Crippen molar-refractivity contribution in [2.45, 2.75) is 12.5 Å². The standard InChI is InChI=1S/C19H17NO5/c20-10-17-16(2-1-3-18(17)24-12-19(21)22)13-4-6-14(7-5-13)25-15-8-9-23-11-15/h1-7,15H,8-9,11-12H2,(H,21,22). The number of rotatable bonds is 6. The Morgan fingerprint density at radius 1 is 1.28 bits per heavy atom. The lowest BCUT2D eigenvalue weighted by molar-refractivity contribution is -0.139. The summed E-state index contributed by atoms with van der Waals surface area (Å²) in [6, 6.07) is 14.6. The van der Waals surface area contributed by atoms with Crippen LogP contribution < -0.4 is 9.47 Å². The molecule has 1 N–H and O–H groups in total. The van der Waals surface area contributed by atoms with Crippen molar-refractivity contribution in [2.75, 3.05) is 19.8 Å². The largest absolute Gasteiger partial charge is 0.488 e. The van der Waals surface area contributed by atoms with E-state index >= 15 is 0 Å². The van der Waals surface area contributed by atoms with Gasteiger partial charge in [-0.2, -0.15) is 5.26 Å². The summed E-state index contributed by atoms with van der Waals surface area (Å²) >= 11 is 0. The Bertz CT molecular complexity index is 788. The summed E-state index contributed by atoms with van der Waals surface area (Å²) in [6.45, 7) is 0.828. The van der Waals surface area contributed by atoms with Gasteiger partial charge >= 0.3 is 5.97 Å². The minimum Gasteiger partial charge on any atom is -0.488 e. The Balaban J connectivity index is 1.82. The summed E-state index contributed by atoms with van der Waals surface area (Å²) in [4.78, 5) is 10.7. The summed E-state index contributed by atoms with van der Waals surface area (Å²) in [6.07, 6.45) is 0.955. The molecule has 1 heterocycles. The number of ether oxygens (including phenoxy) is 3. The first-order chi connectivity index (χ1) is 12.2. The lowest BCUT2D eigenvalue weighted by Gasteiger charge is -2.13. The van der Waals surface area contributed by atoms with Gasteiger partial charge in [0.15, 0.2) is 6.61 Å². The van der Waals surface area contributed by atoms with Gasteiger partial charge in [-0.3, -0.25) is 0 Å². The molecule has 1 saturated heterocycles. The van der Waals surface area contributed by atoms with Gasteiger partial charge in [0.25, 0.3) is 0 Å². The van der Waals surface area contributed by atoms with Crippen LogP contribution in [0.4, 0.5) is 0 Å². The van der Waals surface area contributed by atoms with Crippen LogP contribution in [0.15, 0.2) is 42.5 Å². The highest BCUT2D eigenvalue weighted by atomic mass is 16.5. The molecule has 0 spiro atoms. The molecule has 2 aromatic rings. The van der Waals surface area contributed by atoms with Gasteiger partial charge in [0.05, 0.1) is 13.2 Å². The minimum atomic E-state index is -1.09. The third-order valence-electron chi connectivity index (χ3n) is 3.85. The molecule has 3 rings (SSSR count). The van der Waals surface area contributed by atoms with Crippen LogP contribution in [0.1, 0.15) is 12.0 Å². The summed E-state index contributed by atoms with van der Waals surface area (Å²) in [5.74, 6) is -0.0893. The molecule has 128 valence electrons. The molecular formula is C19H17NO5. The summed E-state index contributed by atoms with van der Waals surface area (Å²) in [5, 5.41) is 18.2. The zero-order valence-electron chi connectivity index (χ0n) is 13.5. The van der Waals surface area contributed by atoms with Crippen molar-refractivity contribution in [3.8, 4) is 28.7 Å². The van der Waals surface area contributed by atoms with E-state index in [-0.39, 0.29) is 11.9 Å². The zero-order valence-corrected chi connectivity index (χ0v) is 13.5. The van der Waals surface area contributed by atoms with Crippen molar-refractivity contribution in [3.63, 3.8) is 0 Å². The van der Waals surface area contributed by atoms with E-state index < -0.39 is 12.6 Å². The fraction of sp³-hybridized carbons (Fsp3) is 0.263. The van der Waals surface area contributed by atoms with Gasteiger partial charge in [0, 0.05) is 12.0 Å². The maximum Gasteiger partial charge on any atom is 0.341 e. The van der Waals surface area contributed by atoms with Crippen LogP contribution in [0.5, 0.6) is 11.5 Å². The second-order valence-electron chi connectivity index (χ2n) is 5.60. The monoisotopic (exact) mass is 339 g/mol. The highest BCUT2D eigenvalue weighted by Gasteiger charge is 2.17. The van der Waals surface area contributed by atoms with Crippen molar-refractivity contribution in [3.05, 3.63) is 48.0 Å². The molecule has 0 amide bonds. The number of nitrogens with zero attached hydrogens (tertiary/aromatic N) is 1. The lowest BCUT2D eigenvalue weighted by atomic mass is 9.99. The van der Waals surface area contributed by atoms with Crippen molar-refractivity contribution in [2.24, 2.45) is 0 Å². The highest BCUT2D eigenvalue weighted by Crippen LogP contribution is 2.31. The number of aliphatic carboxylic acids is 1. The first-order valence-electron chi connectivity index (χ1n) is 7.90. The van der Waals surface area contributed by atoms with Gasteiger partial charge in [-0.1, -0.05) is 24.3 Å². The van der Waals surface area contributed by atoms with Crippen LogP contribution in [-0.2, 0) is 9.53 Å². The first-order valence-corrected chi connectivity index (χ1v) is 7.90. The Labute approximate surface area is 145 Å². The Kier molecular flexibility index (Phi) is 5.17. The highest BCUT2D eigenvalue weighted by molar-refractivity contribution is 5.74. The number of carboxylic acid groups (broad SMARTS) is 1. The van der Waals surface area contributed by atoms with Gasteiger partial charge in [0.1, 0.15) is 29.2 Å². The molecule has 6 heteroatoms. The third-order valence-corrected chi connectivity index (χ3v) is 3.85. The van der Waals surface area contributed by atoms with Crippen LogP contribution in [0, 0.1) is 11.3 Å². The number of hydrogen-bond donors (Lipinski definition) is 1. The van der Waals surface area contributed by atoms with Crippen molar-refractivity contribution < 1.29 is 24.1 Å². The number of carboxylic acids is 1. The first kappa shape index (κ1) is 16.8. The van der Waals surface area contributed by atoms with Gasteiger partial charge in [-0.25, -0.2) is 4.79 Å². The summed E-state index contributed by atoms with van der Waals surface area (Å²) in [5.41, 5.74) is 1.81. The molecule has 6 nitrogen and oxygen atoms in total. The molecule has 25 heavy (non-hydrogen) atoms. The smallest absolute Gasteiger partial charge is 0.341 e. The average Bonchev–Trinajstić information content (AvgIpc) is 3.13. The molecule has 1 aliphatic heterocycles. The van der Waals surface area contributed by atoms with Gasteiger partial charge in [-0.05, 0) is 23.8 Å². The van der Waals surface area contributed by atoms with Crippen LogP contribution in [0.3, 0.4) is 0 Å². The maximum absolute atomic E-state index is 10.7. The van der Waals surface area contributed by atoms with E-state index in [1.54, 1.807) is 18.2 Å². The summed E-state index contributed by atoms with van der Waals surface area (Å²) < 4.78 is 16.3. The molecule has 0 aromatic heterocycles. The predicted molar refractivity (Wildman–Crippen MR) is 89.6 cm³/mol. The van der Waals surface area contributed by atoms with Gasteiger partial charge < -0.3 is 19.3 Å². The fourth-order valence-corrected chi connectivity index (χ4v) is 2.66. The molecule has 1 atom stereocenters. The van der Waals surface area contributed by atoms with E-state index in [1.807, 2.05) is 24.3 Å². The Hall–Kier alpha value is -3.04. The predicted octanol–water partition coefficient (Wildman–Crippen LogP) is 2.86. The van der Waals surface area contributed by atoms with E-state index in [2.05, 4.69) is 6.07 Å². The average molecular weight is 339 g/mol. The third kappa shape index (κ3) is 4.08. The lowest BCUT2D eigenvalue weighted by Crippen LogP contribution is -2.15. The van der Waals surface area contributed by atoms with Crippen LogP contribution in [-0.4, -0.2) is 37.0 Å². The van der Waals surface area contributed by atoms with E-state index in [1.165, 1.54) is 0 Å². The molecule has 2 aromatic carbocycles. The Morgan fingerprint density at radius 2 is 2.08 bits per heavy atom. The van der Waals surface area contributed by atoms with Crippen LogP contribution in [0.2, 0.25) is 0 Å². The van der Waals surface area contributed by atoms with Crippen LogP contribution >= 0.6 is 0 Å². The van der Waals surface area contributed by atoms with E-state index in [0.29, 0.717) is 17.7 Å². The molecule has 0 aliphatic carbocycles. The number of benzene rings is 2. The molecule has 1 fully saturated rings. The van der Waals surface area contributed by atoms with E-state index in [9.17, 15) is 10.1 Å². The maximum atomic E-state index is 10.7. The molecule has 1 unspecified atom stereocenters. The normalized spacial score (nSPS) is 16.2. The molecular weight excluding hydrogens is 322 g/mol. The Morgan fingerprint density at radius 3 is 2.72 bits per heavy atom. The second-order valence-corrected chi connectivity index (χ2v) is 5.60. The van der Waals surface area contributed by atoms with E-state index in [0.717, 1.165) is 24.3 Å². The quantitative estimate of drug-likeness (QED) is 0.870. The zero-order chi connectivity index (χ0) is 17.6. The van der Waals surface area contributed by atoms with Crippen LogP contribution in [0.25, 0.3) is 11.1 Å². The minimum absolute atomic E-state index is 0.0771. The number of carbonyl (C=O) groups is 1. The fourth-order valence-electron chi connectivity index (χ4n) is 2.66. The molecule has 1 aliphatic rings. The molecule has 0 radical (unpaired) electrons. The van der Waals surface area contributed by atoms with Crippen molar-refractivity contribution in [1.82, 2.24) is 0 Å². The molecule has 0 bridgehead atoms. The van der Waals surface area contributed by atoms with Gasteiger partial charge in [-0.15, -0.1) is 0 Å². The number of hydrogen-bond acceptors (Lipinski definition) is 5. The SMILES string of the molecule is N#Cc1c(OCC(=O)O)cccc1-c1ccc(OC2CCOC2)cc1. The topological polar surface area (TPSA) is 88.8 Å². The summed E-state index contributed by atoms with van der Waals surface area (Å²) in [7, 11) is 0. The van der Waals surface area contributed by atoms with Crippen molar-refractivity contribution in [1.29, 1.82) is 5.26 Å². The van der Waals surface area contributed by atoms with Gasteiger partial charge in [0.2, 0.25) is 0 Å². The second kappa shape index (κ2) is 7.69.